The van der Waals surface area contributed by atoms with Gasteiger partial charge in [-0.3, -0.25) is 0 Å². The van der Waals surface area contributed by atoms with E-state index < -0.39 is 10.0 Å². The lowest BCUT2D eigenvalue weighted by molar-refractivity contribution is 0.415. The Morgan fingerprint density at radius 3 is 2.64 bits per heavy atom. The maximum absolute atomic E-state index is 12.0. The van der Waals surface area contributed by atoms with Crippen molar-refractivity contribution in [2.24, 2.45) is 4.99 Å². The molecular formula is C25H27N7O3S. The second-order valence-electron chi connectivity index (χ2n) is 8.57. The molecule has 4 N–H and O–H groups in total. The summed E-state index contributed by atoms with van der Waals surface area (Å²) in [7, 11) is -1.67. The van der Waals surface area contributed by atoms with Crippen molar-refractivity contribution < 1.29 is 13.2 Å². The molecule has 10 nitrogen and oxygen atoms in total. The molecule has 0 unspecified atom stereocenters. The van der Waals surface area contributed by atoms with E-state index in [0.717, 1.165) is 35.3 Å². The Hall–Kier alpha value is -3.83. The molecule has 0 saturated heterocycles. The lowest BCUT2D eigenvalue weighted by Gasteiger charge is -2.10. The van der Waals surface area contributed by atoms with Gasteiger partial charge in [-0.2, -0.15) is 0 Å². The van der Waals surface area contributed by atoms with Gasteiger partial charge in [0.15, 0.2) is 11.6 Å². The highest BCUT2D eigenvalue weighted by molar-refractivity contribution is 7.90. The quantitative estimate of drug-likeness (QED) is 0.357. The molecular weight excluding hydrogens is 478 g/mol. The number of aromatic nitrogens is 3. The van der Waals surface area contributed by atoms with Crippen molar-refractivity contribution in [2.45, 2.75) is 24.5 Å². The first kappa shape index (κ1) is 23.9. The summed E-state index contributed by atoms with van der Waals surface area (Å²) < 4.78 is 32.0. The van der Waals surface area contributed by atoms with Crippen LogP contribution in [0.15, 0.2) is 59.9 Å². The molecule has 11 heteroatoms. The van der Waals surface area contributed by atoms with Crippen LogP contribution in [0.4, 0.5) is 11.8 Å². The largest absolute Gasteiger partial charge is 0.493 e. The fourth-order valence-corrected chi connectivity index (χ4v) is 5.34. The number of nitrogens with zero attached hydrogens (tertiary/aromatic N) is 4. The van der Waals surface area contributed by atoms with E-state index in [-0.39, 0.29) is 11.8 Å². The first-order valence-electron chi connectivity index (χ1n) is 11.7. The maximum Gasteiger partial charge on any atom is 0.223 e. The summed E-state index contributed by atoms with van der Waals surface area (Å²) in [6.45, 7) is 0.618. The summed E-state index contributed by atoms with van der Waals surface area (Å²) >= 11 is 0. The number of allylic oxidation sites excluding steroid dienone is 1. The summed E-state index contributed by atoms with van der Waals surface area (Å²) in [5.74, 6) is 1.20. The second kappa shape index (κ2) is 10.0. The minimum absolute atomic E-state index is 0.247. The summed E-state index contributed by atoms with van der Waals surface area (Å²) in [5.41, 5.74) is 11.0. The minimum Gasteiger partial charge on any atom is -0.493 e. The van der Waals surface area contributed by atoms with Gasteiger partial charge in [-0.25, -0.2) is 33.1 Å². The van der Waals surface area contributed by atoms with E-state index in [1.807, 2.05) is 36.4 Å². The number of aliphatic imine (C=N–C) groups is 1. The van der Waals surface area contributed by atoms with Crippen molar-refractivity contribution in [3.05, 3.63) is 71.7 Å². The molecule has 1 saturated carbocycles. The summed E-state index contributed by atoms with van der Waals surface area (Å²) in [6.07, 6.45) is 5.41. The van der Waals surface area contributed by atoms with E-state index in [2.05, 4.69) is 25.0 Å². The van der Waals surface area contributed by atoms with Crippen LogP contribution < -0.4 is 20.5 Å². The normalized spacial score (nSPS) is 15.6. The fourth-order valence-electron chi connectivity index (χ4n) is 3.96. The highest BCUT2D eigenvalue weighted by Crippen LogP contribution is 2.38. The molecule has 186 valence electrons. The first-order valence-corrected chi connectivity index (χ1v) is 13.2. The number of nitrogen functional groups attached to an aromatic ring is 1. The molecule has 36 heavy (non-hydrogen) atoms. The zero-order valence-electron chi connectivity index (χ0n) is 19.8. The van der Waals surface area contributed by atoms with E-state index in [1.54, 1.807) is 25.6 Å². The van der Waals surface area contributed by atoms with Crippen molar-refractivity contribution in [1.29, 1.82) is 0 Å². The van der Waals surface area contributed by atoms with Gasteiger partial charge in [0, 0.05) is 37.5 Å². The van der Waals surface area contributed by atoms with Gasteiger partial charge in [-0.05, 0) is 36.1 Å². The molecule has 5 rings (SSSR count). The van der Waals surface area contributed by atoms with E-state index in [0.29, 0.717) is 41.9 Å². The molecule has 3 heterocycles. The number of ether oxygens (including phenoxy) is 1. The number of methoxy groups -OCH3 is 1. The minimum atomic E-state index is -3.22. The smallest absolute Gasteiger partial charge is 0.223 e. The zero-order chi connectivity index (χ0) is 25.1. The van der Waals surface area contributed by atoms with Crippen LogP contribution in [0.5, 0.6) is 5.75 Å². The van der Waals surface area contributed by atoms with Gasteiger partial charge in [0.2, 0.25) is 16.0 Å². The molecule has 1 aliphatic heterocycles. The number of hydrogen-bond acceptors (Lipinski definition) is 9. The van der Waals surface area contributed by atoms with Crippen LogP contribution in [0.25, 0.3) is 11.3 Å². The third-order valence-electron chi connectivity index (χ3n) is 6.01. The van der Waals surface area contributed by atoms with Gasteiger partial charge in [-0.1, -0.05) is 30.3 Å². The Kier molecular flexibility index (Phi) is 6.66. The SMILES string of the molecule is COc1cc(C2=C(c3ccnc(NCCNS(=O)(=O)C4CC4)n3)N=C(c3ccccc3)C2)cnc1N. The maximum atomic E-state index is 12.0. The van der Waals surface area contributed by atoms with E-state index in [4.69, 9.17) is 15.5 Å². The van der Waals surface area contributed by atoms with Gasteiger partial charge < -0.3 is 15.8 Å². The third kappa shape index (κ3) is 5.21. The molecule has 1 aromatic carbocycles. The molecule has 2 aromatic heterocycles. The predicted octanol–water partition coefficient (Wildman–Crippen LogP) is 2.72. The van der Waals surface area contributed by atoms with Crippen LogP contribution in [-0.4, -0.2) is 54.5 Å². The van der Waals surface area contributed by atoms with Crippen molar-refractivity contribution >= 4 is 38.8 Å². The second-order valence-corrected chi connectivity index (χ2v) is 10.6. The van der Waals surface area contributed by atoms with Crippen molar-refractivity contribution in [2.75, 3.05) is 31.2 Å². The number of rotatable bonds is 10. The molecule has 1 fully saturated rings. The van der Waals surface area contributed by atoms with E-state index in [9.17, 15) is 8.42 Å². The number of nitrogens with one attached hydrogen (secondary N) is 2. The Balaban J connectivity index is 1.42. The fraction of sp³-hybridized carbons (Fsp3) is 0.280. The van der Waals surface area contributed by atoms with Crippen LogP contribution in [-0.2, 0) is 10.0 Å². The molecule has 2 aliphatic rings. The molecule has 0 spiro atoms. The lowest BCUT2D eigenvalue weighted by atomic mass is 9.98. The molecule has 0 atom stereocenters. The van der Waals surface area contributed by atoms with Gasteiger partial charge in [0.25, 0.3) is 0 Å². The Bertz CT molecular complexity index is 1440. The first-order chi connectivity index (χ1) is 17.4. The third-order valence-corrected chi connectivity index (χ3v) is 7.96. The summed E-state index contributed by atoms with van der Waals surface area (Å²) in [4.78, 5) is 18.2. The van der Waals surface area contributed by atoms with Crippen molar-refractivity contribution in [3.8, 4) is 5.75 Å². The molecule has 0 bridgehead atoms. The number of sulfonamides is 1. The van der Waals surface area contributed by atoms with Crippen LogP contribution in [0.2, 0.25) is 0 Å². The number of nitrogens with two attached hydrogens (primary N) is 1. The van der Waals surface area contributed by atoms with Crippen LogP contribution in [0.3, 0.4) is 0 Å². The van der Waals surface area contributed by atoms with E-state index in [1.165, 1.54) is 0 Å². The van der Waals surface area contributed by atoms with Gasteiger partial charge in [-0.15, -0.1) is 0 Å². The number of anilines is 2. The van der Waals surface area contributed by atoms with Crippen molar-refractivity contribution in [1.82, 2.24) is 19.7 Å². The van der Waals surface area contributed by atoms with Crippen LogP contribution in [0.1, 0.15) is 36.1 Å². The van der Waals surface area contributed by atoms with Gasteiger partial charge in [0.1, 0.15) is 0 Å². The van der Waals surface area contributed by atoms with Crippen LogP contribution >= 0.6 is 0 Å². The molecule has 0 radical (unpaired) electrons. The Morgan fingerprint density at radius 1 is 1.08 bits per heavy atom. The molecule has 3 aromatic rings. The molecule has 0 amide bonds. The Labute approximate surface area is 209 Å². The highest BCUT2D eigenvalue weighted by Gasteiger charge is 2.35. The highest BCUT2D eigenvalue weighted by atomic mass is 32.2. The average molecular weight is 506 g/mol. The van der Waals surface area contributed by atoms with E-state index >= 15 is 0 Å². The van der Waals surface area contributed by atoms with Gasteiger partial charge in [0.05, 0.1) is 29.5 Å². The average Bonchev–Trinajstić information content (AvgIpc) is 3.67. The summed E-state index contributed by atoms with van der Waals surface area (Å²) in [6, 6.07) is 13.6. The van der Waals surface area contributed by atoms with Crippen LogP contribution in [0, 0.1) is 0 Å². The monoisotopic (exact) mass is 505 g/mol. The standard InChI is InChI=1S/C25H27N7O3S/c1-35-22-13-17(15-29-24(22)26)19-14-21(16-5-3-2-4-6-16)31-23(19)20-9-10-27-25(32-20)28-11-12-30-36(33,34)18-7-8-18/h2-6,9-10,13,15,18,30H,7-8,11-12,14H2,1H3,(H2,26,29)(H,27,28,32). The number of benzene rings is 1. The topological polar surface area (TPSA) is 144 Å². The lowest BCUT2D eigenvalue weighted by Crippen LogP contribution is -2.31. The Morgan fingerprint density at radius 2 is 1.89 bits per heavy atom. The molecule has 1 aliphatic carbocycles. The number of pyridine rings is 1. The zero-order valence-corrected chi connectivity index (χ0v) is 20.6. The predicted molar refractivity (Wildman–Crippen MR) is 140 cm³/mol. The van der Waals surface area contributed by atoms with Crippen molar-refractivity contribution in [3.63, 3.8) is 0 Å². The number of hydrogen-bond donors (Lipinski definition) is 3. The van der Waals surface area contributed by atoms with Gasteiger partial charge >= 0.3 is 0 Å². The summed E-state index contributed by atoms with van der Waals surface area (Å²) in [5, 5.41) is 2.85.